The van der Waals surface area contributed by atoms with Gasteiger partial charge in [0.05, 0.1) is 11.3 Å². The van der Waals surface area contributed by atoms with Gasteiger partial charge in [-0.05, 0) is 54.8 Å². The highest BCUT2D eigenvalue weighted by Crippen LogP contribution is 2.39. The predicted molar refractivity (Wildman–Crippen MR) is 99.9 cm³/mol. The number of carbonyl (C=O) groups excluding carboxylic acids is 2. The smallest absolute Gasteiger partial charge is 0.257 e. The largest absolute Gasteiger partial charge is 0.507 e. The van der Waals surface area contributed by atoms with Crippen molar-refractivity contribution < 1.29 is 14.7 Å². The van der Waals surface area contributed by atoms with E-state index in [2.05, 4.69) is 15.5 Å². The summed E-state index contributed by atoms with van der Waals surface area (Å²) in [5.41, 5.74) is 0.795. The van der Waals surface area contributed by atoms with Crippen molar-refractivity contribution in [2.24, 2.45) is 5.41 Å². The molecule has 2 amide bonds. The standard InChI is InChI=1S/C19H24N6O3/c1-2-23-11-19(8-6-17(23)27)7-3-9-24(12-19)18(28)15-10-14(4-5-16(15)26)25-13-20-21-22-25/h4-5,10,13,26H,2-3,6-9,11-12H2,1H3. The van der Waals surface area contributed by atoms with E-state index in [1.165, 1.54) is 17.1 Å². The van der Waals surface area contributed by atoms with Crippen molar-refractivity contribution in [1.29, 1.82) is 0 Å². The summed E-state index contributed by atoms with van der Waals surface area (Å²) in [4.78, 5) is 29.0. The average molecular weight is 384 g/mol. The first-order valence-electron chi connectivity index (χ1n) is 9.65. The normalized spacial score (nSPS) is 22.7. The Hall–Kier alpha value is -2.97. The fraction of sp³-hybridized carbons (Fsp3) is 0.526. The lowest BCUT2D eigenvalue weighted by Gasteiger charge is -2.48. The van der Waals surface area contributed by atoms with Crippen molar-refractivity contribution in [1.82, 2.24) is 30.0 Å². The Morgan fingerprint density at radius 1 is 1.29 bits per heavy atom. The zero-order valence-corrected chi connectivity index (χ0v) is 15.9. The number of hydrogen-bond acceptors (Lipinski definition) is 6. The van der Waals surface area contributed by atoms with Crippen LogP contribution in [-0.4, -0.2) is 73.1 Å². The molecule has 4 rings (SSSR count). The molecule has 2 aliphatic rings. The third-order valence-electron chi connectivity index (χ3n) is 5.90. The molecule has 2 aliphatic heterocycles. The van der Waals surface area contributed by atoms with Crippen molar-refractivity contribution >= 4 is 11.8 Å². The van der Waals surface area contributed by atoms with E-state index in [4.69, 9.17) is 0 Å². The van der Waals surface area contributed by atoms with Gasteiger partial charge >= 0.3 is 0 Å². The summed E-state index contributed by atoms with van der Waals surface area (Å²) >= 11 is 0. The van der Waals surface area contributed by atoms with Gasteiger partial charge in [0, 0.05) is 38.0 Å². The number of nitrogens with zero attached hydrogens (tertiary/aromatic N) is 6. The highest BCUT2D eigenvalue weighted by Gasteiger charge is 2.42. The number of aromatic nitrogens is 4. The molecule has 1 aromatic carbocycles. The van der Waals surface area contributed by atoms with Crippen molar-refractivity contribution in [3.63, 3.8) is 0 Å². The molecule has 1 spiro atoms. The van der Waals surface area contributed by atoms with Gasteiger partial charge in [-0.25, -0.2) is 4.68 Å². The molecule has 2 aromatic rings. The minimum absolute atomic E-state index is 0.0547. The van der Waals surface area contributed by atoms with Gasteiger partial charge in [0.15, 0.2) is 0 Å². The number of benzene rings is 1. The van der Waals surface area contributed by atoms with E-state index >= 15 is 0 Å². The molecular formula is C19H24N6O3. The number of likely N-dealkylation sites (tertiary alicyclic amines) is 2. The number of phenols is 1. The molecule has 1 N–H and O–H groups in total. The molecule has 9 nitrogen and oxygen atoms in total. The van der Waals surface area contributed by atoms with Gasteiger partial charge in [-0.2, -0.15) is 0 Å². The molecule has 2 saturated heterocycles. The number of phenolic OH excluding ortho intramolecular Hbond substituents is 1. The first-order valence-corrected chi connectivity index (χ1v) is 9.65. The summed E-state index contributed by atoms with van der Waals surface area (Å²) in [6.07, 6.45) is 4.69. The van der Waals surface area contributed by atoms with E-state index in [1.54, 1.807) is 12.1 Å². The van der Waals surface area contributed by atoms with Crippen molar-refractivity contribution in [3.05, 3.63) is 30.1 Å². The molecule has 9 heteroatoms. The highest BCUT2D eigenvalue weighted by molar-refractivity contribution is 5.97. The summed E-state index contributed by atoms with van der Waals surface area (Å²) in [6, 6.07) is 4.76. The molecule has 148 valence electrons. The SMILES string of the molecule is CCN1CC2(CCCN(C(=O)c3cc(-n4cnnn4)ccc3O)C2)CCC1=O. The van der Waals surface area contributed by atoms with Crippen LogP contribution in [0.4, 0.5) is 0 Å². The maximum atomic E-state index is 13.2. The van der Waals surface area contributed by atoms with E-state index in [9.17, 15) is 14.7 Å². The summed E-state index contributed by atoms with van der Waals surface area (Å²) < 4.78 is 1.44. The first kappa shape index (κ1) is 18.4. The lowest BCUT2D eigenvalue weighted by Crippen LogP contribution is -2.55. The number of hydrogen-bond donors (Lipinski definition) is 1. The Morgan fingerprint density at radius 3 is 2.89 bits per heavy atom. The van der Waals surface area contributed by atoms with Gasteiger partial charge in [0.1, 0.15) is 12.1 Å². The highest BCUT2D eigenvalue weighted by atomic mass is 16.3. The van der Waals surface area contributed by atoms with Crippen molar-refractivity contribution in [2.45, 2.75) is 32.6 Å². The van der Waals surface area contributed by atoms with Crippen LogP contribution in [0.2, 0.25) is 0 Å². The van der Waals surface area contributed by atoms with E-state index in [0.29, 0.717) is 38.3 Å². The molecule has 1 unspecified atom stereocenters. The second kappa shape index (κ2) is 7.21. The van der Waals surface area contributed by atoms with Crippen LogP contribution in [0.3, 0.4) is 0 Å². The number of amides is 2. The molecule has 1 aromatic heterocycles. The van der Waals surface area contributed by atoms with Crippen LogP contribution in [-0.2, 0) is 4.79 Å². The van der Waals surface area contributed by atoms with E-state index in [0.717, 1.165) is 19.3 Å². The van der Waals surface area contributed by atoms with Crippen LogP contribution in [0, 0.1) is 5.41 Å². The quantitative estimate of drug-likeness (QED) is 0.854. The molecule has 28 heavy (non-hydrogen) atoms. The zero-order valence-electron chi connectivity index (χ0n) is 15.9. The van der Waals surface area contributed by atoms with Gasteiger partial charge in [0.2, 0.25) is 5.91 Å². The topological polar surface area (TPSA) is 104 Å². The van der Waals surface area contributed by atoms with Crippen LogP contribution < -0.4 is 0 Å². The van der Waals surface area contributed by atoms with Crippen LogP contribution in [0.1, 0.15) is 43.0 Å². The minimum atomic E-state index is -0.202. The predicted octanol–water partition coefficient (Wildman–Crippen LogP) is 1.23. The number of aromatic hydroxyl groups is 1. The maximum Gasteiger partial charge on any atom is 0.257 e. The average Bonchev–Trinajstić information content (AvgIpc) is 3.25. The molecule has 3 heterocycles. The van der Waals surface area contributed by atoms with Crippen LogP contribution in [0.25, 0.3) is 5.69 Å². The van der Waals surface area contributed by atoms with Crippen LogP contribution in [0.5, 0.6) is 5.75 Å². The summed E-state index contributed by atoms with van der Waals surface area (Å²) in [7, 11) is 0. The monoisotopic (exact) mass is 384 g/mol. The number of rotatable bonds is 3. The summed E-state index contributed by atoms with van der Waals surface area (Å²) in [5.74, 6) is -0.0646. The van der Waals surface area contributed by atoms with Crippen molar-refractivity contribution in [3.8, 4) is 11.4 Å². The fourth-order valence-corrected chi connectivity index (χ4v) is 4.39. The lowest BCUT2D eigenvalue weighted by atomic mass is 9.73. The third kappa shape index (κ3) is 3.32. The van der Waals surface area contributed by atoms with Crippen LogP contribution >= 0.6 is 0 Å². The zero-order chi connectivity index (χ0) is 19.7. The van der Waals surface area contributed by atoms with E-state index in [-0.39, 0.29) is 28.5 Å². The second-order valence-electron chi connectivity index (χ2n) is 7.69. The second-order valence-corrected chi connectivity index (χ2v) is 7.69. The molecule has 2 fully saturated rings. The number of carbonyl (C=O) groups is 2. The Bertz CT molecular complexity index is 884. The molecular weight excluding hydrogens is 360 g/mol. The first-order chi connectivity index (χ1) is 13.5. The summed E-state index contributed by atoms with van der Waals surface area (Å²) in [6.45, 7) is 4.64. The molecule has 0 bridgehead atoms. The Labute approximate surface area is 162 Å². The number of piperidine rings is 2. The maximum absolute atomic E-state index is 13.2. The fourth-order valence-electron chi connectivity index (χ4n) is 4.39. The van der Waals surface area contributed by atoms with Gasteiger partial charge in [-0.1, -0.05) is 0 Å². The van der Waals surface area contributed by atoms with E-state index in [1.807, 2.05) is 16.7 Å². The van der Waals surface area contributed by atoms with Gasteiger partial charge in [0.25, 0.3) is 5.91 Å². The third-order valence-corrected chi connectivity index (χ3v) is 5.90. The Morgan fingerprint density at radius 2 is 2.14 bits per heavy atom. The molecule has 0 radical (unpaired) electrons. The van der Waals surface area contributed by atoms with Gasteiger partial charge in [-0.15, -0.1) is 5.10 Å². The number of tetrazole rings is 1. The van der Waals surface area contributed by atoms with Gasteiger partial charge < -0.3 is 14.9 Å². The minimum Gasteiger partial charge on any atom is -0.507 e. The Kier molecular flexibility index (Phi) is 4.74. The summed E-state index contributed by atoms with van der Waals surface area (Å²) in [5, 5.41) is 21.3. The van der Waals surface area contributed by atoms with Crippen LogP contribution in [0.15, 0.2) is 24.5 Å². The van der Waals surface area contributed by atoms with Gasteiger partial charge in [-0.3, -0.25) is 9.59 Å². The molecule has 1 atom stereocenters. The Balaban J connectivity index is 1.57. The lowest BCUT2D eigenvalue weighted by molar-refractivity contribution is -0.138. The van der Waals surface area contributed by atoms with Crippen molar-refractivity contribution in [2.75, 3.05) is 26.2 Å². The molecule has 0 aliphatic carbocycles. The van der Waals surface area contributed by atoms with E-state index < -0.39 is 0 Å². The molecule has 0 saturated carbocycles.